The summed E-state index contributed by atoms with van der Waals surface area (Å²) in [4.78, 5) is 0. The highest BCUT2D eigenvalue weighted by Crippen LogP contribution is 2.34. The van der Waals surface area contributed by atoms with Crippen LogP contribution in [0, 0.1) is 5.92 Å². The summed E-state index contributed by atoms with van der Waals surface area (Å²) in [6, 6.07) is 6.33. The highest BCUT2D eigenvalue weighted by Gasteiger charge is 2.24. The molecule has 1 aliphatic carbocycles. The van der Waals surface area contributed by atoms with Crippen molar-refractivity contribution in [2.24, 2.45) is 5.92 Å². The molecule has 94 valence electrons. The molecule has 0 radical (unpaired) electrons. The van der Waals surface area contributed by atoms with E-state index < -0.39 is 0 Å². The molecule has 2 atom stereocenters. The fourth-order valence-corrected chi connectivity index (χ4v) is 3.06. The van der Waals surface area contributed by atoms with Crippen LogP contribution in [0.15, 0.2) is 18.2 Å². The van der Waals surface area contributed by atoms with Crippen LogP contribution in [0.4, 0.5) is 5.69 Å². The molecule has 1 N–H and O–H groups in total. The van der Waals surface area contributed by atoms with E-state index in [9.17, 15) is 0 Å². The number of anilines is 1. The van der Waals surface area contributed by atoms with Gasteiger partial charge in [-0.1, -0.05) is 55.5 Å². The van der Waals surface area contributed by atoms with Gasteiger partial charge in [-0.05, 0) is 30.9 Å². The summed E-state index contributed by atoms with van der Waals surface area (Å²) in [6.45, 7) is 2.27. The van der Waals surface area contributed by atoms with E-state index >= 15 is 0 Å². The number of halogens is 2. The second-order valence-corrected chi connectivity index (χ2v) is 5.59. The SMILES string of the molecule is CCC1CCCCC1Nc1cccc(Cl)c1Cl. The van der Waals surface area contributed by atoms with Gasteiger partial charge in [-0.25, -0.2) is 0 Å². The zero-order chi connectivity index (χ0) is 12.3. The lowest BCUT2D eigenvalue weighted by Gasteiger charge is -2.32. The normalized spacial score (nSPS) is 24.6. The van der Waals surface area contributed by atoms with Gasteiger partial charge in [0.25, 0.3) is 0 Å². The summed E-state index contributed by atoms with van der Waals surface area (Å²) in [6.07, 6.45) is 6.47. The third-order valence-electron chi connectivity index (χ3n) is 3.73. The minimum Gasteiger partial charge on any atom is -0.381 e. The first-order valence-corrected chi connectivity index (χ1v) is 7.18. The van der Waals surface area contributed by atoms with E-state index in [-0.39, 0.29) is 0 Å². The van der Waals surface area contributed by atoms with Gasteiger partial charge in [0, 0.05) is 6.04 Å². The number of hydrogen-bond donors (Lipinski definition) is 1. The third kappa shape index (κ3) is 3.08. The Balaban J connectivity index is 2.11. The first-order chi connectivity index (χ1) is 8.22. The minimum absolute atomic E-state index is 0.546. The largest absolute Gasteiger partial charge is 0.381 e. The predicted octanol–water partition coefficient (Wildman–Crippen LogP) is 5.37. The van der Waals surface area contributed by atoms with Crippen molar-refractivity contribution in [1.29, 1.82) is 0 Å². The average molecular weight is 272 g/mol. The van der Waals surface area contributed by atoms with E-state index in [1.165, 1.54) is 32.1 Å². The Bertz CT molecular complexity index is 378. The Kier molecular flexibility index (Phi) is 4.58. The van der Waals surface area contributed by atoms with Crippen LogP contribution < -0.4 is 5.32 Å². The van der Waals surface area contributed by atoms with Gasteiger partial charge in [0.2, 0.25) is 0 Å². The Hall–Kier alpha value is -0.400. The van der Waals surface area contributed by atoms with Crippen molar-refractivity contribution in [3.05, 3.63) is 28.2 Å². The van der Waals surface area contributed by atoms with Gasteiger partial charge in [-0.3, -0.25) is 0 Å². The van der Waals surface area contributed by atoms with E-state index in [1.807, 2.05) is 18.2 Å². The second-order valence-electron chi connectivity index (χ2n) is 4.80. The maximum absolute atomic E-state index is 6.21. The lowest BCUT2D eigenvalue weighted by atomic mass is 9.83. The molecule has 2 unspecified atom stereocenters. The van der Waals surface area contributed by atoms with Crippen molar-refractivity contribution < 1.29 is 0 Å². The molecule has 0 bridgehead atoms. The van der Waals surface area contributed by atoms with Gasteiger partial charge in [0.1, 0.15) is 0 Å². The lowest BCUT2D eigenvalue weighted by Crippen LogP contribution is -2.31. The van der Waals surface area contributed by atoms with Crippen LogP contribution in [0.1, 0.15) is 39.0 Å². The van der Waals surface area contributed by atoms with Crippen LogP contribution in [-0.4, -0.2) is 6.04 Å². The third-order valence-corrected chi connectivity index (χ3v) is 4.54. The molecule has 1 aliphatic rings. The summed E-state index contributed by atoms with van der Waals surface area (Å²) in [5.74, 6) is 0.763. The number of hydrogen-bond acceptors (Lipinski definition) is 1. The van der Waals surface area contributed by atoms with Crippen molar-refractivity contribution in [2.45, 2.75) is 45.1 Å². The lowest BCUT2D eigenvalue weighted by molar-refractivity contribution is 0.317. The van der Waals surface area contributed by atoms with Crippen molar-refractivity contribution >= 4 is 28.9 Å². The fraction of sp³-hybridized carbons (Fsp3) is 0.571. The summed E-state index contributed by atoms with van der Waals surface area (Å²) in [5, 5.41) is 4.85. The first-order valence-electron chi connectivity index (χ1n) is 6.43. The molecule has 1 aromatic rings. The smallest absolute Gasteiger partial charge is 0.0823 e. The molecule has 0 spiro atoms. The standard InChI is InChI=1S/C14H19Cl2N/c1-2-10-6-3-4-8-12(10)17-13-9-5-7-11(15)14(13)16/h5,7,9-10,12,17H,2-4,6,8H2,1H3. The van der Waals surface area contributed by atoms with Gasteiger partial charge < -0.3 is 5.32 Å². The van der Waals surface area contributed by atoms with Crippen molar-refractivity contribution in [2.75, 3.05) is 5.32 Å². The molecule has 0 aromatic heterocycles. The predicted molar refractivity (Wildman–Crippen MR) is 76.1 cm³/mol. The molecule has 17 heavy (non-hydrogen) atoms. The quantitative estimate of drug-likeness (QED) is 0.779. The second kappa shape index (κ2) is 5.97. The molecule has 1 fully saturated rings. The summed E-state index contributed by atoms with van der Waals surface area (Å²) < 4.78 is 0. The van der Waals surface area contributed by atoms with Crippen LogP contribution in [0.5, 0.6) is 0 Å². The highest BCUT2D eigenvalue weighted by atomic mass is 35.5. The van der Waals surface area contributed by atoms with E-state index in [0.717, 1.165) is 11.6 Å². The molecule has 0 saturated heterocycles. The van der Waals surface area contributed by atoms with E-state index in [1.54, 1.807) is 0 Å². The molecular weight excluding hydrogens is 253 g/mol. The van der Waals surface area contributed by atoms with Gasteiger partial charge in [0.05, 0.1) is 15.7 Å². The number of benzene rings is 1. The van der Waals surface area contributed by atoms with E-state index in [0.29, 0.717) is 16.1 Å². The van der Waals surface area contributed by atoms with Gasteiger partial charge in [-0.15, -0.1) is 0 Å². The Morgan fingerprint density at radius 1 is 1.24 bits per heavy atom. The van der Waals surface area contributed by atoms with Crippen molar-refractivity contribution in [3.63, 3.8) is 0 Å². The molecule has 0 heterocycles. The Morgan fingerprint density at radius 2 is 2.00 bits per heavy atom. The van der Waals surface area contributed by atoms with Crippen LogP contribution in [-0.2, 0) is 0 Å². The maximum Gasteiger partial charge on any atom is 0.0823 e. The monoisotopic (exact) mass is 271 g/mol. The molecule has 1 saturated carbocycles. The first kappa shape index (κ1) is 13.0. The minimum atomic E-state index is 0.546. The summed E-state index contributed by atoms with van der Waals surface area (Å²) in [5.41, 5.74) is 0.976. The average Bonchev–Trinajstić information content (AvgIpc) is 2.35. The molecule has 0 amide bonds. The van der Waals surface area contributed by atoms with Crippen LogP contribution >= 0.6 is 23.2 Å². The molecular formula is C14H19Cl2N. The van der Waals surface area contributed by atoms with Gasteiger partial charge in [0.15, 0.2) is 0 Å². The fourth-order valence-electron chi connectivity index (χ4n) is 2.70. The number of rotatable bonds is 3. The Labute approximate surface area is 114 Å². The van der Waals surface area contributed by atoms with Crippen LogP contribution in [0.2, 0.25) is 10.0 Å². The van der Waals surface area contributed by atoms with Crippen LogP contribution in [0.3, 0.4) is 0 Å². The topological polar surface area (TPSA) is 12.0 Å². The molecule has 1 aromatic carbocycles. The van der Waals surface area contributed by atoms with E-state index in [4.69, 9.17) is 23.2 Å². The van der Waals surface area contributed by atoms with Gasteiger partial charge in [-0.2, -0.15) is 0 Å². The van der Waals surface area contributed by atoms with E-state index in [2.05, 4.69) is 12.2 Å². The van der Waals surface area contributed by atoms with Gasteiger partial charge >= 0.3 is 0 Å². The van der Waals surface area contributed by atoms with Crippen molar-refractivity contribution in [1.82, 2.24) is 0 Å². The molecule has 2 rings (SSSR count). The Morgan fingerprint density at radius 3 is 2.76 bits per heavy atom. The highest BCUT2D eigenvalue weighted by molar-refractivity contribution is 6.43. The molecule has 0 aliphatic heterocycles. The zero-order valence-corrected chi connectivity index (χ0v) is 11.7. The van der Waals surface area contributed by atoms with Crippen molar-refractivity contribution in [3.8, 4) is 0 Å². The molecule has 3 heteroatoms. The molecule has 1 nitrogen and oxygen atoms in total. The van der Waals surface area contributed by atoms with Crippen LogP contribution in [0.25, 0.3) is 0 Å². The summed E-state index contributed by atoms with van der Waals surface area (Å²) in [7, 11) is 0. The maximum atomic E-state index is 6.21. The zero-order valence-electron chi connectivity index (χ0n) is 10.2. The number of nitrogens with one attached hydrogen (secondary N) is 1. The summed E-state index contributed by atoms with van der Waals surface area (Å²) >= 11 is 12.2.